The van der Waals surface area contributed by atoms with Gasteiger partial charge in [0.05, 0.1) is 5.56 Å². The Bertz CT molecular complexity index is 490. The van der Waals surface area contributed by atoms with Crippen molar-refractivity contribution >= 4 is 28.6 Å². The van der Waals surface area contributed by atoms with E-state index in [9.17, 15) is 4.79 Å². The van der Waals surface area contributed by atoms with E-state index in [1.807, 2.05) is 0 Å². The molecule has 2 rings (SSSR count). The fourth-order valence-electron chi connectivity index (χ4n) is 1.48. The van der Waals surface area contributed by atoms with Crippen molar-refractivity contribution < 1.29 is 9.90 Å². The molecule has 0 fully saturated rings. The van der Waals surface area contributed by atoms with E-state index in [1.165, 1.54) is 16.9 Å². The van der Waals surface area contributed by atoms with Crippen LogP contribution < -0.4 is 5.32 Å². The second kappa shape index (κ2) is 5.44. The van der Waals surface area contributed by atoms with Crippen LogP contribution in [0.5, 0.6) is 0 Å². The molecule has 3 nitrogen and oxygen atoms in total. The van der Waals surface area contributed by atoms with Crippen LogP contribution in [-0.2, 0) is 6.54 Å². The van der Waals surface area contributed by atoms with Gasteiger partial charge in [0.1, 0.15) is 0 Å². The standard InChI is InChI=1S/C12H13NO2S2/c1-8(9-2-3-16-6-9)13-5-11-4-10(7-17-11)12(14)15/h2-4,6-8,13H,5H2,1H3,(H,14,15). The van der Waals surface area contributed by atoms with Gasteiger partial charge in [-0.25, -0.2) is 4.79 Å². The summed E-state index contributed by atoms with van der Waals surface area (Å²) in [5.41, 5.74) is 1.64. The lowest BCUT2D eigenvalue weighted by atomic mass is 10.2. The summed E-state index contributed by atoms with van der Waals surface area (Å²) in [5.74, 6) is -0.863. The average molecular weight is 267 g/mol. The van der Waals surface area contributed by atoms with Crippen LogP contribution in [0.15, 0.2) is 28.3 Å². The second-order valence-electron chi connectivity index (χ2n) is 3.77. The molecule has 2 heterocycles. The molecule has 0 saturated carbocycles. The molecule has 5 heteroatoms. The Labute approximate surface area is 108 Å². The molecule has 0 amide bonds. The first-order chi connectivity index (χ1) is 8.16. The lowest BCUT2D eigenvalue weighted by Gasteiger charge is -2.11. The molecule has 0 radical (unpaired) electrons. The summed E-state index contributed by atoms with van der Waals surface area (Å²) in [7, 11) is 0. The number of aromatic carboxylic acids is 1. The van der Waals surface area contributed by atoms with Gasteiger partial charge in [-0.1, -0.05) is 0 Å². The summed E-state index contributed by atoms with van der Waals surface area (Å²) in [4.78, 5) is 11.8. The van der Waals surface area contributed by atoms with Crippen molar-refractivity contribution in [3.63, 3.8) is 0 Å². The van der Waals surface area contributed by atoms with Gasteiger partial charge in [0.15, 0.2) is 0 Å². The molecule has 0 spiro atoms. The Morgan fingerprint density at radius 2 is 2.35 bits per heavy atom. The van der Waals surface area contributed by atoms with Crippen LogP contribution >= 0.6 is 22.7 Å². The summed E-state index contributed by atoms with van der Waals surface area (Å²) < 4.78 is 0. The third kappa shape index (κ3) is 3.15. The SMILES string of the molecule is CC(NCc1cc(C(=O)O)cs1)c1ccsc1. The number of rotatable bonds is 5. The molecule has 2 N–H and O–H groups in total. The molecule has 17 heavy (non-hydrogen) atoms. The van der Waals surface area contributed by atoms with Crippen LogP contribution in [0.3, 0.4) is 0 Å². The molecule has 2 aromatic rings. The number of thiophene rings is 2. The molecular formula is C12H13NO2S2. The fraction of sp³-hybridized carbons (Fsp3) is 0.250. The topological polar surface area (TPSA) is 49.3 Å². The minimum Gasteiger partial charge on any atom is -0.478 e. The molecule has 0 saturated heterocycles. The number of carbonyl (C=O) groups is 1. The molecule has 0 bridgehead atoms. The first-order valence-corrected chi connectivity index (χ1v) is 7.05. The molecule has 0 aliphatic carbocycles. The summed E-state index contributed by atoms with van der Waals surface area (Å²) in [6.45, 7) is 2.81. The highest BCUT2D eigenvalue weighted by atomic mass is 32.1. The Morgan fingerprint density at radius 3 is 2.94 bits per heavy atom. The van der Waals surface area contributed by atoms with Crippen LogP contribution in [0.2, 0.25) is 0 Å². The van der Waals surface area contributed by atoms with Crippen LogP contribution in [0.1, 0.15) is 33.8 Å². The van der Waals surface area contributed by atoms with Gasteiger partial charge in [-0.15, -0.1) is 11.3 Å². The Hall–Kier alpha value is -1.17. The van der Waals surface area contributed by atoms with E-state index < -0.39 is 5.97 Å². The van der Waals surface area contributed by atoms with Gasteiger partial charge in [-0.05, 0) is 35.4 Å². The van der Waals surface area contributed by atoms with E-state index in [1.54, 1.807) is 22.8 Å². The van der Waals surface area contributed by atoms with Crippen LogP contribution in [0.4, 0.5) is 0 Å². The van der Waals surface area contributed by atoms with Crippen molar-refractivity contribution in [1.82, 2.24) is 5.32 Å². The van der Waals surface area contributed by atoms with Gasteiger partial charge < -0.3 is 10.4 Å². The highest BCUT2D eigenvalue weighted by Crippen LogP contribution is 2.18. The Kier molecular flexibility index (Phi) is 3.93. The summed E-state index contributed by atoms with van der Waals surface area (Å²) in [6, 6.07) is 4.11. The van der Waals surface area contributed by atoms with E-state index in [4.69, 9.17) is 5.11 Å². The van der Waals surface area contributed by atoms with Crippen molar-refractivity contribution in [2.24, 2.45) is 0 Å². The third-order valence-corrected chi connectivity index (χ3v) is 4.16. The van der Waals surface area contributed by atoms with E-state index in [0.717, 1.165) is 4.88 Å². The van der Waals surface area contributed by atoms with E-state index in [2.05, 4.69) is 29.1 Å². The fourth-order valence-corrected chi connectivity index (χ4v) is 3.04. The molecule has 0 aliphatic rings. The number of hydrogen-bond donors (Lipinski definition) is 2. The van der Waals surface area contributed by atoms with Crippen LogP contribution in [0, 0.1) is 0 Å². The Morgan fingerprint density at radius 1 is 1.53 bits per heavy atom. The second-order valence-corrected chi connectivity index (χ2v) is 5.54. The predicted octanol–water partition coefficient (Wildman–Crippen LogP) is 3.36. The normalized spacial score (nSPS) is 12.5. The zero-order valence-corrected chi connectivity index (χ0v) is 11.0. The molecule has 2 aromatic heterocycles. The van der Waals surface area contributed by atoms with Gasteiger partial charge in [0, 0.05) is 22.8 Å². The van der Waals surface area contributed by atoms with Crippen molar-refractivity contribution in [2.75, 3.05) is 0 Å². The van der Waals surface area contributed by atoms with Gasteiger partial charge in [-0.2, -0.15) is 11.3 Å². The van der Waals surface area contributed by atoms with Gasteiger partial charge in [0.2, 0.25) is 0 Å². The van der Waals surface area contributed by atoms with Gasteiger partial charge >= 0.3 is 5.97 Å². The largest absolute Gasteiger partial charge is 0.478 e. The maximum Gasteiger partial charge on any atom is 0.336 e. The Balaban J connectivity index is 1.91. The zero-order valence-electron chi connectivity index (χ0n) is 9.34. The molecule has 0 aliphatic heterocycles. The van der Waals surface area contributed by atoms with Crippen LogP contribution in [-0.4, -0.2) is 11.1 Å². The number of carboxylic acids is 1. The molecule has 0 aromatic carbocycles. The lowest BCUT2D eigenvalue weighted by Crippen LogP contribution is -2.16. The highest BCUT2D eigenvalue weighted by Gasteiger charge is 2.08. The van der Waals surface area contributed by atoms with Gasteiger partial charge in [0.25, 0.3) is 0 Å². The quantitative estimate of drug-likeness (QED) is 0.873. The van der Waals surface area contributed by atoms with E-state index in [-0.39, 0.29) is 6.04 Å². The zero-order chi connectivity index (χ0) is 12.3. The molecule has 90 valence electrons. The maximum absolute atomic E-state index is 10.7. The van der Waals surface area contributed by atoms with Gasteiger partial charge in [-0.3, -0.25) is 0 Å². The minimum absolute atomic E-state index is 0.289. The highest BCUT2D eigenvalue weighted by molar-refractivity contribution is 7.10. The molecular weight excluding hydrogens is 254 g/mol. The first-order valence-electron chi connectivity index (χ1n) is 5.23. The monoisotopic (exact) mass is 267 g/mol. The number of hydrogen-bond acceptors (Lipinski definition) is 4. The summed E-state index contributed by atoms with van der Waals surface area (Å²) in [6.07, 6.45) is 0. The minimum atomic E-state index is -0.863. The number of nitrogens with one attached hydrogen (secondary N) is 1. The van der Waals surface area contributed by atoms with E-state index >= 15 is 0 Å². The predicted molar refractivity (Wildman–Crippen MR) is 70.9 cm³/mol. The smallest absolute Gasteiger partial charge is 0.336 e. The summed E-state index contributed by atoms with van der Waals surface area (Å²) >= 11 is 3.16. The molecule has 1 unspecified atom stereocenters. The lowest BCUT2D eigenvalue weighted by molar-refractivity contribution is 0.0697. The first kappa shape index (κ1) is 12.3. The van der Waals surface area contributed by atoms with Crippen molar-refractivity contribution in [3.8, 4) is 0 Å². The number of carboxylic acid groups (broad SMARTS) is 1. The third-order valence-electron chi connectivity index (χ3n) is 2.53. The summed E-state index contributed by atoms with van der Waals surface area (Å²) in [5, 5.41) is 18.0. The molecule has 1 atom stereocenters. The van der Waals surface area contributed by atoms with Crippen molar-refractivity contribution in [3.05, 3.63) is 44.3 Å². The van der Waals surface area contributed by atoms with Crippen LogP contribution in [0.25, 0.3) is 0 Å². The van der Waals surface area contributed by atoms with Crippen molar-refractivity contribution in [2.45, 2.75) is 19.5 Å². The average Bonchev–Trinajstić information content (AvgIpc) is 2.97. The maximum atomic E-state index is 10.7. The van der Waals surface area contributed by atoms with E-state index in [0.29, 0.717) is 12.1 Å². The van der Waals surface area contributed by atoms with Crippen molar-refractivity contribution in [1.29, 1.82) is 0 Å².